The number of nitrogens with two attached hydrogens (primary N) is 1. The molecule has 118 valence electrons. The molecule has 0 spiro atoms. The molecule has 1 aliphatic rings. The van der Waals surface area contributed by atoms with Crippen LogP contribution >= 0.6 is 0 Å². The van der Waals surface area contributed by atoms with Crippen LogP contribution in [0.15, 0.2) is 18.2 Å². The van der Waals surface area contributed by atoms with Crippen molar-refractivity contribution in [3.05, 3.63) is 29.6 Å². The smallest absolute Gasteiger partial charge is 0.168 e. The first kappa shape index (κ1) is 16.2. The lowest BCUT2D eigenvalue weighted by Crippen LogP contribution is -2.42. The summed E-state index contributed by atoms with van der Waals surface area (Å²) in [5.41, 5.74) is 3.45. The van der Waals surface area contributed by atoms with E-state index in [2.05, 4.69) is 5.43 Å². The van der Waals surface area contributed by atoms with Gasteiger partial charge in [-0.15, -0.1) is 0 Å². The Morgan fingerprint density at radius 1 is 1.43 bits per heavy atom. The van der Waals surface area contributed by atoms with E-state index < -0.39 is 0 Å². The summed E-state index contributed by atoms with van der Waals surface area (Å²) in [6.45, 7) is 2.79. The number of halogens is 1. The molecule has 2 rings (SSSR count). The van der Waals surface area contributed by atoms with Crippen LogP contribution in [0.25, 0.3) is 0 Å². The summed E-state index contributed by atoms with van der Waals surface area (Å²) >= 11 is 0. The number of nitrogens with one attached hydrogen (secondary N) is 1. The van der Waals surface area contributed by atoms with Crippen LogP contribution in [0.3, 0.4) is 0 Å². The van der Waals surface area contributed by atoms with Gasteiger partial charge in [0, 0.05) is 12.6 Å². The number of rotatable bonds is 8. The summed E-state index contributed by atoms with van der Waals surface area (Å²) in [5, 5.41) is 0. The van der Waals surface area contributed by atoms with Gasteiger partial charge in [-0.2, -0.15) is 0 Å². The zero-order chi connectivity index (χ0) is 15.2. The Morgan fingerprint density at radius 3 is 2.81 bits per heavy atom. The zero-order valence-corrected chi connectivity index (χ0v) is 12.8. The molecule has 5 heteroatoms. The van der Waals surface area contributed by atoms with Gasteiger partial charge in [-0.05, 0) is 50.2 Å². The minimum absolute atomic E-state index is 0.0687. The van der Waals surface area contributed by atoms with E-state index in [1.54, 1.807) is 18.2 Å². The molecule has 1 aliphatic carbocycles. The molecule has 1 unspecified atom stereocenters. The van der Waals surface area contributed by atoms with Gasteiger partial charge >= 0.3 is 0 Å². The first-order valence-electron chi connectivity index (χ1n) is 7.57. The lowest BCUT2D eigenvalue weighted by Gasteiger charge is -2.37. The van der Waals surface area contributed by atoms with E-state index in [1.165, 1.54) is 7.11 Å². The average molecular weight is 296 g/mol. The number of hydrogen-bond donors (Lipinski definition) is 2. The van der Waals surface area contributed by atoms with Gasteiger partial charge < -0.3 is 9.47 Å². The minimum Gasteiger partial charge on any atom is -0.494 e. The summed E-state index contributed by atoms with van der Waals surface area (Å²) < 4.78 is 24.7. The van der Waals surface area contributed by atoms with Gasteiger partial charge in [-0.1, -0.05) is 12.1 Å². The Labute approximate surface area is 125 Å². The highest BCUT2D eigenvalue weighted by Crippen LogP contribution is 2.34. The van der Waals surface area contributed by atoms with Crippen molar-refractivity contribution in [1.29, 1.82) is 0 Å². The number of hydrazine groups is 1. The van der Waals surface area contributed by atoms with Crippen LogP contribution in [-0.4, -0.2) is 25.9 Å². The van der Waals surface area contributed by atoms with Crippen molar-refractivity contribution in [3.63, 3.8) is 0 Å². The van der Waals surface area contributed by atoms with Crippen LogP contribution in [0.2, 0.25) is 0 Å². The highest BCUT2D eigenvalue weighted by atomic mass is 19.1. The van der Waals surface area contributed by atoms with Crippen LogP contribution < -0.4 is 16.0 Å². The van der Waals surface area contributed by atoms with Crippen molar-refractivity contribution in [2.24, 2.45) is 11.8 Å². The highest BCUT2D eigenvalue weighted by molar-refractivity contribution is 5.31. The maximum atomic E-state index is 14.2. The van der Waals surface area contributed by atoms with Crippen LogP contribution in [-0.2, 0) is 11.2 Å². The molecule has 0 aliphatic heterocycles. The molecule has 1 atom stereocenters. The normalized spacial score (nSPS) is 22.7. The molecule has 0 heterocycles. The Bertz CT molecular complexity index is 450. The van der Waals surface area contributed by atoms with Crippen LogP contribution in [0.4, 0.5) is 4.39 Å². The van der Waals surface area contributed by atoms with Gasteiger partial charge in [0.05, 0.1) is 13.2 Å². The molecule has 3 N–H and O–H groups in total. The number of benzene rings is 1. The monoisotopic (exact) mass is 296 g/mol. The highest BCUT2D eigenvalue weighted by Gasteiger charge is 2.31. The molecule has 1 aromatic rings. The quantitative estimate of drug-likeness (QED) is 0.571. The maximum absolute atomic E-state index is 14.2. The third-order valence-electron chi connectivity index (χ3n) is 4.18. The van der Waals surface area contributed by atoms with Gasteiger partial charge in [-0.25, -0.2) is 4.39 Å². The Kier molecular flexibility index (Phi) is 5.96. The molecule has 21 heavy (non-hydrogen) atoms. The van der Waals surface area contributed by atoms with Crippen LogP contribution in [0.1, 0.15) is 31.7 Å². The molecule has 0 bridgehead atoms. The third kappa shape index (κ3) is 4.15. The fourth-order valence-corrected chi connectivity index (χ4v) is 2.99. The SMILES string of the molecule is CCOC1CC(CC(Cc2cccc(OC)c2F)NN)C1. The second kappa shape index (κ2) is 7.73. The predicted octanol–water partition coefficient (Wildman–Crippen LogP) is 2.41. The topological polar surface area (TPSA) is 56.5 Å². The van der Waals surface area contributed by atoms with E-state index in [1.807, 2.05) is 6.92 Å². The van der Waals surface area contributed by atoms with Gasteiger partial charge in [-0.3, -0.25) is 11.3 Å². The van der Waals surface area contributed by atoms with Crippen molar-refractivity contribution >= 4 is 0 Å². The lowest BCUT2D eigenvalue weighted by atomic mass is 9.77. The Hall–Kier alpha value is -1.17. The molecule has 1 saturated carbocycles. The second-order valence-corrected chi connectivity index (χ2v) is 5.65. The summed E-state index contributed by atoms with van der Waals surface area (Å²) in [6.07, 6.45) is 4.05. The maximum Gasteiger partial charge on any atom is 0.168 e. The summed E-state index contributed by atoms with van der Waals surface area (Å²) in [7, 11) is 1.48. The van der Waals surface area contributed by atoms with Crippen molar-refractivity contribution in [2.45, 2.75) is 44.8 Å². The van der Waals surface area contributed by atoms with E-state index in [-0.39, 0.29) is 17.6 Å². The zero-order valence-electron chi connectivity index (χ0n) is 12.8. The minimum atomic E-state index is -0.291. The number of ether oxygens (including phenoxy) is 2. The van der Waals surface area contributed by atoms with Crippen molar-refractivity contribution in [2.75, 3.05) is 13.7 Å². The van der Waals surface area contributed by atoms with Crippen molar-refractivity contribution in [1.82, 2.24) is 5.43 Å². The summed E-state index contributed by atoms with van der Waals surface area (Å²) in [4.78, 5) is 0. The second-order valence-electron chi connectivity index (χ2n) is 5.65. The average Bonchev–Trinajstić information content (AvgIpc) is 2.45. The van der Waals surface area contributed by atoms with E-state index in [4.69, 9.17) is 15.3 Å². The Balaban J connectivity index is 1.88. The Morgan fingerprint density at radius 2 is 2.19 bits per heavy atom. The standard InChI is InChI=1S/C16H25FN2O2/c1-3-21-14-8-11(9-14)7-13(19-18)10-12-5-4-6-15(20-2)16(12)17/h4-6,11,13-14,19H,3,7-10,18H2,1-2H3. The van der Waals surface area contributed by atoms with E-state index in [0.29, 0.717) is 24.0 Å². The van der Waals surface area contributed by atoms with E-state index in [9.17, 15) is 4.39 Å². The number of methoxy groups -OCH3 is 1. The molecule has 4 nitrogen and oxygen atoms in total. The first-order chi connectivity index (χ1) is 10.2. The largest absolute Gasteiger partial charge is 0.494 e. The molecule has 1 fully saturated rings. The first-order valence-corrected chi connectivity index (χ1v) is 7.57. The molecular formula is C16H25FN2O2. The molecule has 0 radical (unpaired) electrons. The molecule has 0 saturated heterocycles. The van der Waals surface area contributed by atoms with Crippen molar-refractivity contribution in [3.8, 4) is 5.75 Å². The molecule has 0 amide bonds. The van der Waals surface area contributed by atoms with Crippen molar-refractivity contribution < 1.29 is 13.9 Å². The summed E-state index contributed by atoms with van der Waals surface area (Å²) in [6, 6.07) is 5.28. The predicted molar refractivity (Wildman–Crippen MR) is 80.5 cm³/mol. The van der Waals surface area contributed by atoms with Crippen LogP contribution in [0.5, 0.6) is 5.75 Å². The molecule has 0 aromatic heterocycles. The van der Waals surface area contributed by atoms with Gasteiger partial charge in [0.25, 0.3) is 0 Å². The van der Waals surface area contributed by atoms with Gasteiger partial charge in [0.2, 0.25) is 0 Å². The van der Waals surface area contributed by atoms with E-state index in [0.717, 1.165) is 25.9 Å². The molecule has 1 aromatic carbocycles. The summed E-state index contributed by atoms with van der Waals surface area (Å²) in [5.74, 6) is 6.22. The third-order valence-corrected chi connectivity index (χ3v) is 4.18. The number of hydrogen-bond acceptors (Lipinski definition) is 4. The van der Waals surface area contributed by atoms with Gasteiger partial charge in [0.1, 0.15) is 0 Å². The lowest BCUT2D eigenvalue weighted by molar-refractivity contribution is -0.0290. The fraction of sp³-hybridized carbons (Fsp3) is 0.625. The van der Waals surface area contributed by atoms with Gasteiger partial charge in [0.15, 0.2) is 11.6 Å². The van der Waals surface area contributed by atoms with E-state index >= 15 is 0 Å². The fourth-order valence-electron chi connectivity index (χ4n) is 2.99. The molecular weight excluding hydrogens is 271 g/mol. The van der Waals surface area contributed by atoms with Crippen LogP contribution in [0, 0.1) is 11.7 Å².